The highest BCUT2D eigenvalue weighted by Crippen LogP contribution is 2.20. The van der Waals surface area contributed by atoms with Crippen molar-refractivity contribution >= 4 is 45.9 Å². The number of esters is 4. The number of carbonyl (C=O) groups is 6. The second-order valence-electron chi connectivity index (χ2n) is 29.8. The van der Waals surface area contributed by atoms with Crippen molar-refractivity contribution in [1.29, 1.82) is 0 Å². The fraction of sp³-hybridized carbons (Fsp3) is 0.929. The quantitative estimate of drug-likeness (QED) is 0.0222. The average molecular weight is 1490 g/mol. The highest BCUT2D eigenvalue weighted by atomic mass is 35.5. The lowest BCUT2D eigenvalue weighted by atomic mass is 10.0. The summed E-state index contributed by atoms with van der Waals surface area (Å²) in [6.45, 7) is 8.35. The monoisotopic (exact) mass is 1490 g/mol. The fourth-order valence-electron chi connectivity index (χ4n) is 12.8. The molecule has 3 unspecified atom stereocenters. The zero-order chi connectivity index (χ0) is 74.4. The van der Waals surface area contributed by atoms with Gasteiger partial charge < -0.3 is 47.5 Å². The second kappa shape index (κ2) is 82.0. The van der Waals surface area contributed by atoms with Gasteiger partial charge in [-0.05, 0) is 25.7 Å². The Kier molecular flexibility index (Phi) is 83.0. The number of rotatable bonds is 79. The van der Waals surface area contributed by atoms with Crippen molar-refractivity contribution in [2.45, 2.75) is 470 Å². The topological polar surface area (TPSA) is 243 Å². The number of amides is 1. The molecule has 606 valence electrons. The third-order valence-corrected chi connectivity index (χ3v) is 20.0. The summed E-state index contributed by atoms with van der Waals surface area (Å²) in [6.07, 6.45) is 75.7. The van der Waals surface area contributed by atoms with Crippen LogP contribution >= 0.6 is 0 Å². The first-order valence-electron chi connectivity index (χ1n) is 42.9. The van der Waals surface area contributed by atoms with Gasteiger partial charge in [0.25, 0.3) is 16.0 Å². The van der Waals surface area contributed by atoms with Gasteiger partial charge in [0.05, 0.1) is 19.2 Å². The predicted molar refractivity (Wildman–Crippen MR) is 417 cm³/mol. The van der Waals surface area contributed by atoms with E-state index in [0.29, 0.717) is 12.8 Å². The molecule has 0 bridgehead atoms. The minimum Gasteiger partial charge on any atom is -1.00 e. The molecule has 0 aromatic heterocycles. The molecule has 0 saturated carbocycles. The molecule has 0 fully saturated rings. The third kappa shape index (κ3) is 84.2. The van der Waals surface area contributed by atoms with Crippen LogP contribution in [0, 0.1) is 0 Å². The van der Waals surface area contributed by atoms with E-state index >= 15 is 0 Å². The van der Waals surface area contributed by atoms with Crippen LogP contribution in [-0.4, -0.2) is 100 Å². The number of unbranched alkanes of at least 4 members (excludes halogenated alkanes) is 56. The molecule has 0 spiro atoms. The first kappa shape index (κ1) is 103. The summed E-state index contributed by atoms with van der Waals surface area (Å²) in [7, 11) is -3.71. The number of hydrogen-bond acceptors (Lipinski definition) is 13. The minimum absolute atomic E-state index is 0. The van der Waals surface area contributed by atoms with Crippen molar-refractivity contribution in [3.63, 3.8) is 0 Å². The standard InChI is InChI=1S/C44H84N2O7.C40H78O7S.ClH/c1-3-5-7-9-11-13-15-17-19-21-23-25-27-29-31-33-42(49)52-38-39(37-46-44(51)40(45)35-36-41(47)48)53-43(50)34-32-30-28-26-24-22-20-18-16-14-12-10-8-6-4-2;1-4-6-8-10-12-14-16-18-20-22-24-26-28-30-32-34-39(41)45-36-38(37-46-48(3,43)44)47-40(42)35-33-31-29-27-25-23-21-19-17-15-13-11-9-7-5-2;/h39-40H,3-38,45H2,1-2H3,(H,46,51)(H,47,48);38H,4-37H2,1-3H3;1H. The number of aliphatic carboxylic acids is 1. The van der Waals surface area contributed by atoms with Gasteiger partial charge in [-0.1, -0.05) is 387 Å². The first-order chi connectivity index (χ1) is 49.1. The SMILES string of the molecule is CCCCCCCCCCCCCCCCCC(=O)OCC(CNC(=O)C([NH3+])CCC(=O)O)OC(=O)CCCCCCCCCCCCCCCCC.CCCCCCCCCCCCCCCCCC(=O)OCC(COS(C)(=O)=O)OC(=O)CCCCCCCCCCCCCCCCC.[Cl-]. The summed E-state index contributed by atoms with van der Waals surface area (Å²) < 4.78 is 49.7. The van der Waals surface area contributed by atoms with E-state index in [2.05, 4.69) is 38.7 Å². The van der Waals surface area contributed by atoms with Crippen LogP contribution in [-0.2, 0) is 62.0 Å². The largest absolute Gasteiger partial charge is 1.00 e. The minimum atomic E-state index is -3.71. The molecule has 0 saturated heterocycles. The van der Waals surface area contributed by atoms with Crippen LogP contribution in [0.25, 0.3) is 0 Å². The number of nitrogens with one attached hydrogen (secondary N) is 1. The van der Waals surface area contributed by atoms with Gasteiger partial charge in [0.15, 0.2) is 18.2 Å². The van der Waals surface area contributed by atoms with E-state index < -0.39 is 46.2 Å². The van der Waals surface area contributed by atoms with Crippen molar-refractivity contribution < 1.29 is 83.6 Å². The summed E-state index contributed by atoms with van der Waals surface area (Å²) in [5.74, 6) is -2.87. The Labute approximate surface area is 633 Å². The Morgan fingerprint density at radius 3 is 0.775 bits per heavy atom. The van der Waals surface area contributed by atoms with Crippen LogP contribution in [0.4, 0.5) is 0 Å². The Morgan fingerprint density at radius 2 is 0.539 bits per heavy atom. The van der Waals surface area contributed by atoms with E-state index in [0.717, 1.165) is 83.3 Å². The van der Waals surface area contributed by atoms with Crippen molar-refractivity contribution in [3.05, 3.63) is 0 Å². The van der Waals surface area contributed by atoms with Crippen LogP contribution in [0.15, 0.2) is 0 Å². The molecular formula is C84H163ClN2O14S. The average Bonchev–Trinajstić information content (AvgIpc) is 0.984. The van der Waals surface area contributed by atoms with Gasteiger partial charge >= 0.3 is 29.8 Å². The Morgan fingerprint density at radius 1 is 0.324 bits per heavy atom. The fourth-order valence-corrected chi connectivity index (χ4v) is 13.2. The van der Waals surface area contributed by atoms with E-state index in [-0.39, 0.29) is 82.4 Å². The normalized spacial score (nSPS) is 12.2. The lowest BCUT2D eigenvalue weighted by Gasteiger charge is -2.19. The number of quaternary nitrogens is 1. The maximum atomic E-state index is 12.7. The number of carbonyl (C=O) groups excluding carboxylic acids is 5. The predicted octanol–water partition coefficient (Wildman–Crippen LogP) is 19.5. The highest BCUT2D eigenvalue weighted by Gasteiger charge is 2.24. The molecular weight excluding hydrogens is 1330 g/mol. The maximum absolute atomic E-state index is 12.7. The number of hydrogen-bond donors (Lipinski definition) is 3. The molecule has 1 amide bonds. The molecule has 5 N–H and O–H groups in total. The molecule has 0 radical (unpaired) electrons. The number of ether oxygens (including phenoxy) is 4. The van der Waals surface area contributed by atoms with Crippen LogP contribution < -0.4 is 23.5 Å². The van der Waals surface area contributed by atoms with Crippen LogP contribution in [0.2, 0.25) is 0 Å². The number of carboxylic acids is 1. The van der Waals surface area contributed by atoms with Gasteiger partial charge in [-0.25, -0.2) is 0 Å². The summed E-state index contributed by atoms with van der Waals surface area (Å²) in [4.78, 5) is 73.2. The molecule has 0 rings (SSSR count). The zero-order valence-corrected chi connectivity index (χ0v) is 68.5. The Hall–Kier alpha value is -3.02. The summed E-state index contributed by atoms with van der Waals surface area (Å²) >= 11 is 0. The van der Waals surface area contributed by atoms with E-state index in [1.165, 1.54) is 308 Å². The van der Waals surface area contributed by atoms with Crippen LogP contribution in [0.5, 0.6) is 0 Å². The van der Waals surface area contributed by atoms with Gasteiger partial charge in [0.1, 0.15) is 19.8 Å². The first-order valence-corrected chi connectivity index (χ1v) is 44.8. The van der Waals surface area contributed by atoms with E-state index in [1.807, 2.05) is 0 Å². The van der Waals surface area contributed by atoms with Crippen LogP contribution in [0.1, 0.15) is 451 Å². The Balaban J connectivity index is -0.00000191. The summed E-state index contributed by atoms with van der Waals surface area (Å²) in [5, 5.41) is 11.6. The molecule has 16 nitrogen and oxygen atoms in total. The summed E-state index contributed by atoms with van der Waals surface area (Å²) in [5.41, 5.74) is 3.75. The van der Waals surface area contributed by atoms with Crippen LogP contribution in [0.3, 0.4) is 0 Å². The van der Waals surface area contributed by atoms with E-state index in [4.69, 9.17) is 28.2 Å². The van der Waals surface area contributed by atoms with Crippen molar-refractivity contribution in [1.82, 2.24) is 5.32 Å². The van der Waals surface area contributed by atoms with Gasteiger partial charge in [-0.2, -0.15) is 8.42 Å². The summed E-state index contributed by atoms with van der Waals surface area (Å²) in [6, 6.07) is -0.740. The lowest BCUT2D eigenvalue weighted by Crippen LogP contribution is -3.00. The number of carboxylic acid groups (broad SMARTS) is 1. The van der Waals surface area contributed by atoms with E-state index in [1.54, 1.807) is 0 Å². The molecule has 3 atom stereocenters. The highest BCUT2D eigenvalue weighted by molar-refractivity contribution is 7.86. The number of halogens is 1. The smallest absolute Gasteiger partial charge is 0.306 e. The molecule has 0 aliphatic rings. The maximum Gasteiger partial charge on any atom is 0.306 e. The van der Waals surface area contributed by atoms with Crippen molar-refractivity contribution in [2.24, 2.45) is 0 Å². The Bertz CT molecular complexity index is 1970. The van der Waals surface area contributed by atoms with Gasteiger partial charge in [-0.3, -0.25) is 33.0 Å². The van der Waals surface area contributed by atoms with Gasteiger partial charge in [0, 0.05) is 32.1 Å². The molecule has 0 aromatic rings. The van der Waals surface area contributed by atoms with Gasteiger partial charge in [-0.15, -0.1) is 0 Å². The molecule has 0 aliphatic heterocycles. The van der Waals surface area contributed by atoms with Crippen molar-refractivity contribution in [2.75, 3.05) is 32.6 Å². The van der Waals surface area contributed by atoms with E-state index in [9.17, 15) is 37.2 Å². The third-order valence-electron chi connectivity index (χ3n) is 19.4. The van der Waals surface area contributed by atoms with Crippen molar-refractivity contribution in [3.8, 4) is 0 Å². The molecule has 0 heterocycles. The van der Waals surface area contributed by atoms with Gasteiger partial charge in [0.2, 0.25) is 0 Å². The lowest BCUT2D eigenvalue weighted by molar-refractivity contribution is -0.405. The zero-order valence-electron chi connectivity index (χ0n) is 67.0. The second-order valence-corrected chi connectivity index (χ2v) is 31.4. The molecule has 18 heteroatoms. The molecule has 0 aromatic carbocycles. The molecule has 102 heavy (non-hydrogen) atoms. The molecule has 0 aliphatic carbocycles.